The minimum absolute atomic E-state index is 0.177. The fourth-order valence-corrected chi connectivity index (χ4v) is 2.16. The van der Waals surface area contributed by atoms with Crippen molar-refractivity contribution < 1.29 is 13.9 Å². The first-order valence-corrected chi connectivity index (χ1v) is 6.49. The zero-order chi connectivity index (χ0) is 12.8. The van der Waals surface area contributed by atoms with Crippen LogP contribution in [0.4, 0.5) is 4.39 Å². The van der Waals surface area contributed by atoms with Crippen molar-refractivity contribution in [3.8, 4) is 5.75 Å². The van der Waals surface area contributed by atoms with E-state index >= 15 is 0 Å². The second-order valence-electron chi connectivity index (χ2n) is 3.86. The summed E-state index contributed by atoms with van der Waals surface area (Å²) in [5, 5.41) is 0. The molecule has 2 nitrogen and oxygen atoms in total. The van der Waals surface area contributed by atoms with E-state index < -0.39 is 0 Å². The highest BCUT2D eigenvalue weighted by molar-refractivity contribution is 9.10. The van der Waals surface area contributed by atoms with Gasteiger partial charge in [-0.05, 0) is 30.5 Å². The maximum atomic E-state index is 13.2. The fraction of sp³-hybridized carbons (Fsp3) is 0.462. The molecule has 0 aliphatic rings. The number of methoxy groups -OCH3 is 1. The van der Waals surface area contributed by atoms with E-state index in [2.05, 4.69) is 15.9 Å². The van der Waals surface area contributed by atoms with Crippen LogP contribution in [0.1, 0.15) is 25.3 Å². The van der Waals surface area contributed by atoms with Crippen LogP contribution in [-0.2, 0) is 11.2 Å². The smallest absolute Gasteiger partial charge is 0.165 e. The van der Waals surface area contributed by atoms with Gasteiger partial charge in [0, 0.05) is 6.42 Å². The summed E-state index contributed by atoms with van der Waals surface area (Å²) in [5.41, 5.74) is 0.884. The van der Waals surface area contributed by atoms with Crippen molar-refractivity contribution in [1.29, 1.82) is 0 Å². The number of carbonyl (C=O) groups is 1. The van der Waals surface area contributed by atoms with Gasteiger partial charge in [-0.1, -0.05) is 28.9 Å². The van der Waals surface area contributed by atoms with Crippen molar-refractivity contribution in [1.82, 2.24) is 0 Å². The molecule has 0 aromatic heterocycles. The van der Waals surface area contributed by atoms with Gasteiger partial charge in [-0.25, -0.2) is 4.39 Å². The summed E-state index contributed by atoms with van der Waals surface area (Å²) in [6.45, 7) is 1.97. The highest BCUT2D eigenvalue weighted by atomic mass is 79.9. The monoisotopic (exact) mass is 302 g/mol. The van der Waals surface area contributed by atoms with Crippen molar-refractivity contribution in [3.05, 3.63) is 29.6 Å². The number of Topliss-reactive ketones (excluding diaryl/α,β-unsaturated/α-hetero) is 1. The topological polar surface area (TPSA) is 26.3 Å². The molecule has 1 aromatic carbocycles. The van der Waals surface area contributed by atoms with E-state index in [1.165, 1.54) is 13.2 Å². The van der Waals surface area contributed by atoms with Crippen LogP contribution < -0.4 is 4.74 Å². The van der Waals surface area contributed by atoms with E-state index in [-0.39, 0.29) is 22.2 Å². The molecule has 94 valence electrons. The van der Waals surface area contributed by atoms with Crippen molar-refractivity contribution in [2.75, 3.05) is 7.11 Å². The summed E-state index contributed by atoms with van der Waals surface area (Å²) >= 11 is 3.36. The van der Waals surface area contributed by atoms with Gasteiger partial charge < -0.3 is 4.74 Å². The zero-order valence-corrected chi connectivity index (χ0v) is 11.6. The quantitative estimate of drug-likeness (QED) is 0.752. The number of ether oxygens (including phenoxy) is 1. The summed E-state index contributed by atoms with van der Waals surface area (Å²) < 4.78 is 18.1. The second kappa shape index (κ2) is 6.74. The van der Waals surface area contributed by atoms with Crippen molar-refractivity contribution >= 4 is 21.7 Å². The maximum absolute atomic E-state index is 13.2. The van der Waals surface area contributed by atoms with Crippen molar-refractivity contribution in [3.63, 3.8) is 0 Å². The van der Waals surface area contributed by atoms with Gasteiger partial charge in [-0.3, -0.25) is 4.79 Å². The molecule has 0 aliphatic heterocycles. The Morgan fingerprint density at radius 3 is 2.82 bits per heavy atom. The first-order valence-electron chi connectivity index (χ1n) is 5.57. The van der Waals surface area contributed by atoms with Gasteiger partial charge in [0.25, 0.3) is 0 Å². The normalized spacial score (nSPS) is 12.2. The number of ketones is 1. The molecule has 0 aliphatic carbocycles. The van der Waals surface area contributed by atoms with Gasteiger partial charge in [-0.2, -0.15) is 0 Å². The van der Waals surface area contributed by atoms with E-state index in [0.29, 0.717) is 12.8 Å². The minimum atomic E-state index is -0.387. The van der Waals surface area contributed by atoms with Crippen LogP contribution in [-0.4, -0.2) is 17.7 Å². The maximum Gasteiger partial charge on any atom is 0.165 e. The van der Waals surface area contributed by atoms with E-state index in [1.54, 1.807) is 12.1 Å². The molecule has 4 heteroatoms. The Hall–Kier alpha value is -0.900. The molecular weight excluding hydrogens is 287 g/mol. The third-order valence-corrected chi connectivity index (χ3v) is 3.31. The van der Waals surface area contributed by atoms with Crippen LogP contribution in [0, 0.1) is 5.82 Å². The molecule has 1 rings (SSSR count). The van der Waals surface area contributed by atoms with Gasteiger partial charge >= 0.3 is 0 Å². The standard InChI is InChI=1S/C13H16BrFO2/c1-3-4-12(16)10(14)7-9-5-6-11(15)13(8-9)17-2/h5-6,8,10H,3-4,7H2,1-2H3. The summed E-state index contributed by atoms with van der Waals surface area (Å²) in [7, 11) is 1.43. The summed E-state index contributed by atoms with van der Waals surface area (Å²) in [4.78, 5) is 11.4. The second-order valence-corrected chi connectivity index (χ2v) is 4.96. The molecule has 0 spiro atoms. The SMILES string of the molecule is CCCC(=O)C(Br)Cc1ccc(F)c(OC)c1. The molecule has 0 saturated carbocycles. The lowest BCUT2D eigenvalue weighted by molar-refractivity contribution is -0.118. The summed E-state index contributed by atoms with van der Waals surface area (Å²) in [6, 6.07) is 4.66. The molecular formula is C13H16BrFO2. The summed E-state index contributed by atoms with van der Waals surface area (Å²) in [6.07, 6.45) is 1.96. The highest BCUT2D eigenvalue weighted by Crippen LogP contribution is 2.21. The lowest BCUT2D eigenvalue weighted by atomic mass is 10.0. The Kier molecular flexibility index (Phi) is 5.62. The average molecular weight is 303 g/mol. The molecule has 1 aromatic rings. The first kappa shape index (κ1) is 14.2. The van der Waals surface area contributed by atoms with Gasteiger partial charge in [0.1, 0.15) is 5.78 Å². The van der Waals surface area contributed by atoms with Gasteiger partial charge in [0.05, 0.1) is 11.9 Å². The predicted octanol–water partition coefficient (Wildman–Crippen LogP) is 3.51. The first-order chi connectivity index (χ1) is 8.08. The molecule has 0 heterocycles. The van der Waals surface area contributed by atoms with E-state index in [1.807, 2.05) is 6.92 Å². The third kappa shape index (κ3) is 4.11. The Bertz CT molecular complexity index is 393. The molecule has 1 atom stereocenters. The minimum Gasteiger partial charge on any atom is -0.494 e. The van der Waals surface area contributed by atoms with Gasteiger partial charge in [-0.15, -0.1) is 0 Å². The molecule has 17 heavy (non-hydrogen) atoms. The van der Waals surface area contributed by atoms with Crippen LogP contribution >= 0.6 is 15.9 Å². The number of alkyl halides is 1. The molecule has 0 radical (unpaired) electrons. The third-order valence-electron chi connectivity index (χ3n) is 2.48. The predicted molar refractivity (Wildman–Crippen MR) is 69.3 cm³/mol. The van der Waals surface area contributed by atoms with Gasteiger partial charge in [0.2, 0.25) is 0 Å². The zero-order valence-electron chi connectivity index (χ0n) is 10.0. The van der Waals surface area contributed by atoms with Crippen LogP contribution in [0.2, 0.25) is 0 Å². The fourth-order valence-electron chi connectivity index (χ4n) is 1.55. The average Bonchev–Trinajstić information content (AvgIpc) is 2.31. The molecule has 0 N–H and O–H groups in total. The Labute approximate surface area is 109 Å². The Morgan fingerprint density at radius 2 is 2.24 bits per heavy atom. The lowest BCUT2D eigenvalue weighted by Crippen LogP contribution is -2.16. The Morgan fingerprint density at radius 1 is 1.53 bits per heavy atom. The number of benzene rings is 1. The van der Waals surface area contributed by atoms with Crippen LogP contribution in [0.25, 0.3) is 0 Å². The molecule has 0 saturated heterocycles. The van der Waals surface area contributed by atoms with Crippen molar-refractivity contribution in [2.24, 2.45) is 0 Å². The Balaban J connectivity index is 2.71. The molecule has 0 fully saturated rings. The highest BCUT2D eigenvalue weighted by Gasteiger charge is 2.15. The number of rotatable bonds is 6. The van der Waals surface area contributed by atoms with E-state index in [0.717, 1.165) is 12.0 Å². The van der Waals surface area contributed by atoms with Crippen LogP contribution in [0.5, 0.6) is 5.75 Å². The number of hydrogen-bond acceptors (Lipinski definition) is 2. The van der Waals surface area contributed by atoms with Gasteiger partial charge in [0.15, 0.2) is 11.6 Å². The van der Waals surface area contributed by atoms with Crippen molar-refractivity contribution in [2.45, 2.75) is 31.0 Å². The molecule has 1 unspecified atom stereocenters. The number of hydrogen-bond donors (Lipinski definition) is 0. The van der Waals surface area contributed by atoms with Crippen LogP contribution in [0.3, 0.4) is 0 Å². The summed E-state index contributed by atoms with van der Waals surface area (Å²) in [5.74, 6) is 0.00295. The molecule has 0 bridgehead atoms. The largest absolute Gasteiger partial charge is 0.494 e. The number of halogens is 2. The van der Waals surface area contributed by atoms with E-state index in [4.69, 9.17) is 4.74 Å². The molecule has 0 amide bonds. The lowest BCUT2D eigenvalue weighted by Gasteiger charge is -2.10. The number of carbonyl (C=O) groups excluding carboxylic acids is 1. The van der Waals surface area contributed by atoms with Crippen LogP contribution in [0.15, 0.2) is 18.2 Å². The van der Waals surface area contributed by atoms with E-state index in [9.17, 15) is 9.18 Å².